The van der Waals surface area contributed by atoms with E-state index in [1.807, 2.05) is 24.3 Å². The van der Waals surface area contributed by atoms with Crippen molar-refractivity contribution in [1.82, 2.24) is 0 Å². The SMILES string of the molecule is O=C(O)C1OC=CCC1CC1C=CC=CO1. The Balaban J connectivity index is 1.96. The van der Waals surface area contributed by atoms with Gasteiger partial charge < -0.3 is 14.6 Å². The molecule has 0 spiro atoms. The molecule has 0 aliphatic carbocycles. The van der Waals surface area contributed by atoms with Gasteiger partial charge in [0.05, 0.1) is 12.5 Å². The Hall–Kier alpha value is -1.71. The molecule has 2 heterocycles. The number of aliphatic carboxylic acids is 1. The van der Waals surface area contributed by atoms with E-state index in [1.54, 1.807) is 6.26 Å². The van der Waals surface area contributed by atoms with Gasteiger partial charge in [-0.05, 0) is 31.1 Å². The molecule has 4 heteroatoms. The molecule has 0 fully saturated rings. The van der Waals surface area contributed by atoms with Crippen molar-refractivity contribution in [3.8, 4) is 0 Å². The largest absolute Gasteiger partial charge is 0.494 e. The molecule has 0 radical (unpaired) electrons. The van der Waals surface area contributed by atoms with Gasteiger partial charge in [-0.1, -0.05) is 6.08 Å². The Kier molecular flexibility index (Phi) is 3.29. The minimum Gasteiger partial charge on any atom is -0.494 e. The number of hydrogen-bond donors (Lipinski definition) is 1. The first-order chi connectivity index (χ1) is 7.77. The van der Waals surface area contributed by atoms with Gasteiger partial charge in [-0.25, -0.2) is 4.79 Å². The van der Waals surface area contributed by atoms with Gasteiger partial charge in [0, 0.05) is 5.92 Å². The summed E-state index contributed by atoms with van der Waals surface area (Å²) in [6.07, 6.45) is 11.2. The van der Waals surface area contributed by atoms with Crippen LogP contribution in [0.1, 0.15) is 12.8 Å². The number of rotatable bonds is 3. The first-order valence-corrected chi connectivity index (χ1v) is 5.29. The second-order valence-corrected chi connectivity index (χ2v) is 3.89. The highest BCUT2D eigenvalue weighted by molar-refractivity contribution is 5.73. The van der Waals surface area contributed by atoms with Gasteiger partial charge in [-0.2, -0.15) is 0 Å². The first kappa shape index (κ1) is 10.8. The van der Waals surface area contributed by atoms with E-state index < -0.39 is 12.1 Å². The highest BCUT2D eigenvalue weighted by Crippen LogP contribution is 2.26. The van der Waals surface area contributed by atoms with Crippen molar-refractivity contribution in [2.45, 2.75) is 25.0 Å². The quantitative estimate of drug-likeness (QED) is 0.791. The van der Waals surface area contributed by atoms with E-state index in [0.717, 1.165) is 0 Å². The minimum atomic E-state index is -0.912. The summed E-state index contributed by atoms with van der Waals surface area (Å²) in [5.74, 6) is -0.951. The zero-order chi connectivity index (χ0) is 11.4. The molecule has 2 aliphatic rings. The molecule has 0 aromatic heterocycles. The molecule has 2 rings (SSSR count). The molecule has 1 N–H and O–H groups in total. The van der Waals surface area contributed by atoms with E-state index in [-0.39, 0.29) is 12.0 Å². The topological polar surface area (TPSA) is 55.8 Å². The molecular formula is C12H14O4. The Morgan fingerprint density at radius 1 is 1.31 bits per heavy atom. The van der Waals surface area contributed by atoms with Crippen LogP contribution >= 0.6 is 0 Å². The van der Waals surface area contributed by atoms with Crippen molar-refractivity contribution in [2.24, 2.45) is 5.92 Å². The Morgan fingerprint density at radius 2 is 2.19 bits per heavy atom. The van der Waals surface area contributed by atoms with Crippen LogP contribution in [0.4, 0.5) is 0 Å². The van der Waals surface area contributed by atoms with E-state index in [0.29, 0.717) is 12.8 Å². The third kappa shape index (κ3) is 2.45. The van der Waals surface area contributed by atoms with Crippen molar-refractivity contribution < 1.29 is 19.4 Å². The summed E-state index contributed by atoms with van der Waals surface area (Å²) in [6.45, 7) is 0. The molecular weight excluding hydrogens is 208 g/mol. The van der Waals surface area contributed by atoms with E-state index in [1.165, 1.54) is 6.26 Å². The third-order valence-electron chi connectivity index (χ3n) is 2.74. The van der Waals surface area contributed by atoms with Crippen molar-refractivity contribution in [3.63, 3.8) is 0 Å². The van der Waals surface area contributed by atoms with Crippen molar-refractivity contribution in [3.05, 3.63) is 36.8 Å². The molecule has 4 nitrogen and oxygen atoms in total. The van der Waals surface area contributed by atoms with Gasteiger partial charge in [0.2, 0.25) is 0 Å². The van der Waals surface area contributed by atoms with E-state index in [2.05, 4.69) is 0 Å². The fourth-order valence-electron chi connectivity index (χ4n) is 1.94. The summed E-state index contributed by atoms with van der Waals surface area (Å²) in [6, 6.07) is 0. The molecule has 0 aromatic rings. The highest BCUT2D eigenvalue weighted by atomic mass is 16.5. The van der Waals surface area contributed by atoms with Crippen LogP contribution in [0.25, 0.3) is 0 Å². The summed E-state index contributed by atoms with van der Waals surface area (Å²) in [4.78, 5) is 11.0. The van der Waals surface area contributed by atoms with Crippen molar-refractivity contribution >= 4 is 5.97 Å². The van der Waals surface area contributed by atoms with Crippen LogP contribution in [0, 0.1) is 5.92 Å². The maximum atomic E-state index is 11.0. The number of allylic oxidation sites excluding steroid dienone is 3. The summed E-state index contributed by atoms with van der Waals surface area (Å²) in [5, 5.41) is 9.01. The van der Waals surface area contributed by atoms with Crippen LogP contribution < -0.4 is 0 Å². The lowest BCUT2D eigenvalue weighted by molar-refractivity contribution is -0.151. The molecule has 16 heavy (non-hydrogen) atoms. The maximum Gasteiger partial charge on any atom is 0.345 e. The standard InChI is InChI=1S/C12H14O4/c13-12(14)11-9(4-3-7-16-11)8-10-5-1-2-6-15-10/h1-3,5-7,9-11H,4,8H2,(H,13,14). The Labute approximate surface area is 93.9 Å². The van der Waals surface area contributed by atoms with Crippen LogP contribution in [0.5, 0.6) is 0 Å². The van der Waals surface area contributed by atoms with E-state index >= 15 is 0 Å². The van der Waals surface area contributed by atoms with Crippen LogP contribution in [0.2, 0.25) is 0 Å². The third-order valence-corrected chi connectivity index (χ3v) is 2.74. The second kappa shape index (κ2) is 4.88. The number of hydrogen-bond acceptors (Lipinski definition) is 3. The van der Waals surface area contributed by atoms with E-state index in [9.17, 15) is 4.79 Å². The highest BCUT2D eigenvalue weighted by Gasteiger charge is 2.32. The number of ether oxygens (including phenoxy) is 2. The second-order valence-electron chi connectivity index (χ2n) is 3.89. The van der Waals surface area contributed by atoms with Crippen LogP contribution in [0.3, 0.4) is 0 Å². The maximum absolute atomic E-state index is 11.0. The lowest BCUT2D eigenvalue weighted by Crippen LogP contribution is -2.35. The summed E-state index contributed by atoms with van der Waals surface area (Å²) < 4.78 is 10.5. The predicted molar refractivity (Wildman–Crippen MR) is 57.5 cm³/mol. The molecule has 0 bridgehead atoms. The van der Waals surface area contributed by atoms with Gasteiger partial charge >= 0.3 is 5.97 Å². The number of carbonyl (C=O) groups is 1. The number of carboxylic acids is 1. The van der Waals surface area contributed by atoms with Crippen molar-refractivity contribution in [1.29, 1.82) is 0 Å². The molecule has 86 valence electrons. The molecule has 0 saturated heterocycles. The molecule has 2 aliphatic heterocycles. The Bertz CT molecular complexity index is 343. The normalized spacial score (nSPS) is 31.9. The molecule has 3 atom stereocenters. The molecule has 3 unspecified atom stereocenters. The van der Waals surface area contributed by atoms with E-state index in [4.69, 9.17) is 14.6 Å². The summed E-state index contributed by atoms with van der Waals surface area (Å²) >= 11 is 0. The van der Waals surface area contributed by atoms with Gasteiger partial charge in [0.1, 0.15) is 6.10 Å². The molecule has 0 saturated carbocycles. The zero-order valence-corrected chi connectivity index (χ0v) is 8.78. The lowest BCUT2D eigenvalue weighted by Gasteiger charge is -2.28. The van der Waals surface area contributed by atoms with Crippen LogP contribution in [-0.4, -0.2) is 23.3 Å². The van der Waals surface area contributed by atoms with Gasteiger partial charge in [0.25, 0.3) is 0 Å². The van der Waals surface area contributed by atoms with Gasteiger partial charge in [0.15, 0.2) is 6.10 Å². The Morgan fingerprint density at radius 3 is 2.88 bits per heavy atom. The fraction of sp³-hybridized carbons (Fsp3) is 0.417. The van der Waals surface area contributed by atoms with Gasteiger partial charge in [-0.3, -0.25) is 0 Å². The first-order valence-electron chi connectivity index (χ1n) is 5.29. The average molecular weight is 222 g/mol. The fourth-order valence-corrected chi connectivity index (χ4v) is 1.94. The lowest BCUT2D eigenvalue weighted by atomic mass is 9.90. The van der Waals surface area contributed by atoms with Crippen LogP contribution in [-0.2, 0) is 14.3 Å². The minimum absolute atomic E-state index is 0.0383. The van der Waals surface area contributed by atoms with Crippen molar-refractivity contribution in [2.75, 3.05) is 0 Å². The smallest absolute Gasteiger partial charge is 0.345 e. The number of carboxylic acid groups (broad SMARTS) is 1. The van der Waals surface area contributed by atoms with Gasteiger partial charge in [-0.15, -0.1) is 0 Å². The summed E-state index contributed by atoms with van der Waals surface area (Å²) in [7, 11) is 0. The monoisotopic (exact) mass is 222 g/mol. The van der Waals surface area contributed by atoms with Crippen LogP contribution in [0.15, 0.2) is 36.8 Å². The molecule has 0 aromatic carbocycles. The summed E-state index contributed by atoms with van der Waals surface area (Å²) in [5.41, 5.74) is 0. The zero-order valence-electron chi connectivity index (χ0n) is 8.78. The average Bonchev–Trinajstić information content (AvgIpc) is 2.31. The predicted octanol–water partition coefficient (Wildman–Crippen LogP) is 1.85. The molecule has 0 amide bonds.